The van der Waals surface area contributed by atoms with E-state index in [4.69, 9.17) is 5.73 Å². The third kappa shape index (κ3) is 5.26. The Morgan fingerprint density at radius 2 is 2.00 bits per heavy atom. The van der Waals surface area contributed by atoms with Crippen molar-refractivity contribution in [3.63, 3.8) is 0 Å². The Balaban J connectivity index is 2.46. The van der Waals surface area contributed by atoms with Gasteiger partial charge in [-0.25, -0.2) is 4.39 Å². The molecule has 3 N–H and O–H groups in total. The van der Waals surface area contributed by atoms with E-state index in [0.29, 0.717) is 0 Å². The first-order chi connectivity index (χ1) is 8.28. The molecule has 0 atom stereocenters. The van der Waals surface area contributed by atoms with Gasteiger partial charge >= 0.3 is 5.51 Å². The summed E-state index contributed by atoms with van der Waals surface area (Å²) in [6.07, 6.45) is 0. The van der Waals surface area contributed by atoms with Crippen LogP contribution in [0.1, 0.15) is 10.4 Å². The number of alkyl halides is 3. The zero-order valence-corrected chi connectivity index (χ0v) is 9.87. The molecular formula is C10H10F4N2OS. The number of nitrogens with two attached hydrogens (primary N) is 1. The summed E-state index contributed by atoms with van der Waals surface area (Å²) >= 11 is -0.236. The van der Waals surface area contributed by atoms with E-state index in [1.54, 1.807) is 0 Å². The van der Waals surface area contributed by atoms with Crippen LogP contribution in [0.4, 0.5) is 23.2 Å². The van der Waals surface area contributed by atoms with Gasteiger partial charge in [-0.05, 0) is 30.0 Å². The molecule has 18 heavy (non-hydrogen) atoms. The normalized spacial score (nSPS) is 11.3. The second-order valence-electron chi connectivity index (χ2n) is 3.32. The highest BCUT2D eigenvalue weighted by atomic mass is 32.2. The van der Waals surface area contributed by atoms with E-state index in [2.05, 4.69) is 5.32 Å². The van der Waals surface area contributed by atoms with Gasteiger partial charge in [-0.15, -0.1) is 0 Å². The molecule has 0 saturated heterocycles. The third-order valence-corrected chi connectivity index (χ3v) is 2.57. The Kier molecular flexibility index (Phi) is 4.83. The molecule has 1 amide bonds. The van der Waals surface area contributed by atoms with Crippen LogP contribution in [0.5, 0.6) is 0 Å². The summed E-state index contributed by atoms with van der Waals surface area (Å²) in [5.41, 5.74) is 1.06. The van der Waals surface area contributed by atoms with Crippen LogP contribution in [-0.4, -0.2) is 23.7 Å². The number of halogens is 4. The van der Waals surface area contributed by atoms with Crippen LogP contribution >= 0.6 is 11.8 Å². The van der Waals surface area contributed by atoms with Crippen molar-refractivity contribution in [3.8, 4) is 0 Å². The van der Waals surface area contributed by atoms with E-state index >= 15 is 0 Å². The Morgan fingerprint density at radius 1 is 1.33 bits per heavy atom. The second-order valence-corrected chi connectivity index (χ2v) is 4.48. The smallest absolute Gasteiger partial charge is 0.399 e. The third-order valence-electron chi connectivity index (χ3n) is 1.84. The summed E-state index contributed by atoms with van der Waals surface area (Å²) in [6, 6.07) is 3.24. The van der Waals surface area contributed by atoms with Crippen molar-refractivity contribution in [1.82, 2.24) is 5.32 Å². The van der Waals surface area contributed by atoms with Gasteiger partial charge in [0.1, 0.15) is 5.82 Å². The minimum Gasteiger partial charge on any atom is -0.399 e. The van der Waals surface area contributed by atoms with Crippen molar-refractivity contribution < 1.29 is 22.4 Å². The molecule has 3 nitrogen and oxygen atoms in total. The van der Waals surface area contributed by atoms with Crippen LogP contribution in [0.3, 0.4) is 0 Å². The molecule has 0 aliphatic carbocycles. The first-order valence-electron chi connectivity index (χ1n) is 4.83. The molecule has 8 heteroatoms. The fourth-order valence-corrected chi connectivity index (χ4v) is 1.61. The topological polar surface area (TPSA) is 55.1 Å². The fraction of sp³-hybridized carbons (Fsp3) is 0.300. The summed E-state index contributed by atoms with van der Waals surface area (Å²) in [5, 5.41) is 2.24. The summed E-state index contributed by atoms with van der Waals surface area (Å²) < 4.78 is 48.3. The average molecular weight is 282 g/mol. The highest BCUT2D eigenvalue weighted by Gasteiger charge is 2.27. The van der Waals surface area contributed by atoms with Gasteiger partial charge in [-0.1, -0.05) is 0 Å². The second kappa shape index (κ2) is 5.94. The number of anilines is 1. The molecule has 0 aliphatic rings. The van der Waals surface area contributed by atoms with Gasteiger partial charge in [0.05, 0.1) is 0 Å². The van der Waals surface area contributed by atoms with Crippen molar-refractivity contribution >= 4 is 23.4 Å². The lowest BCUT2D eigenvalue weighted by atomic mass is 10.2. The van der Waals surface area contributed by atoms with Crippen molar-refractivity contribution in [1.29, 1.82) is 0 Å². The molecule has 0 fully saturated rings. The SMILES string of the molecule is Nc1cc(F)cc(C(=O)NCCSC(F)(F)F)c1. The maximum absolute atomic E-state index is 12.9. The number of rotatable bonds is 4. The minimum absolute atomic E-state index is 0.0236. The lowest BCUT2D eigenvalue weighted by molar-refractivity contribution is -0.0327. The number of amides is 1. The lowest BCUT2D eigenvalue weighted by Gasteiger charge is -2.07. The van der Waals surface area contributed by atoms with Crippen LogP contribution in [0, 0.1) is 5.82 Å². The Bertz CT molecular complexity index is 416. The summed E-state index contributed by atoms with van der Waals surface area (Å²) in [6.45, 7) is -0.167. The van der Waals surface area contributed by atoms with Gasteiger partial charge in [0.15, 0.2) is 0 Å². The maximum Gasteiger partial charge on any atom is 0.441 e. The quantitative estimate of drug-likeness (QED) is 0.506. The molecule has 100 valence electrons. The molecule has 0 bridgehead atoms. The fourth-order valence-electron chi connectivity index (χ4n) is 1.18. The van der Waals surface area contributed by atoms with E-state index in [1.165, 1.54) is 6.07 Å². The number of nitrogen functional groups attached to an aromatic ring is 1. The summed E-state index contributed by atoms with van der Waals surface area (Å²) in [7, 11) is 0. The average Bonchev–Trinajstić information content (AvgIpc) is 2.21. The first-order valence-corrected chi connectivity index (χ1v) is 5.81. The first kappa shape index (κ1) is 14.6. The Morgan fingerprint density at radius 3 is 2.56 bits per heavy atom. The number of hydrogen-bond donors (Lipinski definition) is 2. The summed E-state index contributed by atoms with van der Waals surface area (Å²) in [4.78, 5) is 11.4. The highest BCUT2D eigenvalue weighted by molar-refractivity contribution is 8.00. The Labute approximate surface area is 105 Å². The van der Waals surface area contributed by atoms with Gasteiger partial charge < -0.3 is 11.1 Å². The molecule has 0 spiro atoms. The molecule has 0 radical (unpaired) electrons. The molecule has 0 saturated carbocycles. The van der Waals surface area contributed by atoms with Crippen LogP contribution in [-0.2, 0) is 0 Å². The molecule has 0 heterocycles. The molecular weight excluding hydrogens is 272 g/mol. The number of benzene rings is 1. The number of thioether (sulfide) groups is 1. The van der Waals surface area contributed by atoms with Crippen LogP contribution in [0.25, 0.3) is 0 Å². The van der Waals surface area contributed by atoms with E-state index in [9.17, 15) is 22.4 Å². The van der Waals surface area contributed by atoms with Crippen LogP contribution in [0.15, 0.2) is 18.2 Å². The number of carbonyl (C=O) groups excluding carboxylic acids is 1. The summed E-state index contributed by atoms with van der Waals surface area (Å²) in [5.74, 6) is -1.64. The molecule has 0 aromatic heterocycles. The van der Waals surface area contributed by atoms with E-state index in [-0.39, 0.29) is 35.3 Å². The lowest BCUT2D eigenvalue weighted by Crippen LogP contribution is -2.26. The molecule has 1 rings (SSSR count). The van der Waals surface area contributed by atoms with Crippen molar-refractivity contribution in [2.75, 3.05) is 18.0 Å². The van der Waals surface area contributed by atoms with E-state index < -0.39 is 17.2 Å². The molecule has 1 aromatic rings. The van der Waals surface area contributed by atoms with Gasteiger partial charge in [0.2, 0.25) is 0 Å². The monoisotopic (exact) mass is 282 g/mol. The minimum atomic E-state index is -4.33. The van der Waals surface area contributed by atoms with Crippen LogP contribution < -0.4 is 11.1 Å². The van der Waals surface area contributed by atoms with E-state index in [1.807, 2.05) is 0 Å². The predicted octanol–water partition coefficient (Wildman–Crippen LogP) is 2.39. The zero-order valence-electron chi connectivity index (χ0n) is 9.05. The van der Waals surface area contributed by atoms with Crippen molar-refractivity contribution in [2.24, 2.45) is 0 Å². The van der Waals surface area contributed by atoms with Gasteiger partial charge in [-0.2, -0.15) is 13.2 Å². The predicted molar refractivity (Wildman–Crippen MR) is 61.7 cm³/mol. The number of hydrogen-bond acceptors (Lipinski definition) is 3. The standard InChI is InChI=1S/C10H10F4N2OS/c11-7-3-6(4-8(15)5-7)9(17)16-1-2-18-10(12,13)14/h3-5H,1-2,15H2,(H,16,17). The van der Waals surface area contributed by atoms with E-state index in [0.717, 1.165) is 12.1 Å². The van der Waals surface area contributed by atoms with Crippen molar-refractivity contribution in [3.05, 3.63) is 29.6 Å². The van der Waals surface area contributed by atoms with Gasteiger partial charge in [0, 0.05) is 23.5 Å². The van der Waals surface area contributed by atoms with Gasteiger partial charge in [-0.3, -0.25) is 4.79 Å². The van der Waals surface area contributed by atoms with Crippen LogP contribution in [0.2, 0.25) is 0 Å². The zero-order chi connectivity index (χ0) is 13.8. The molecule has 1 aromatic carbocycles. The van der Waals surface area contributed by atoms with Gasteiger partial charge in [0.25, 0.3) is 5.91 Å². The largest absolute Gasteiger partial charge is 0.441 e. The molecule has 0 aliphatic heterocycles. The number of carbonyl (C=O) groups is 1. The maximum atomic E-state index is 12.9. The highest BCUT2D eigenvalue weighted by Crippen LogP contribution is 2.29. The Hall–Kier alpha value is -1.44. The van der Waals surface area contributed by atoms with Crippen molar-refractivity contribution in [2.45, 2.75) is 5.51 Å². The number of nitrogens with one attached hydrogen (secondary N) is 1. The molecule has 0 unspecified atom stereocenters.